The molecule has 1 unspecified atom stereocenters. The first-order chi connectivity index (χ1) is 13.0. The third kappa shape index (κ3) is 7.63. The summed E-state index contributed by atoms with van der Waals surface area (Å²) < 4.78 is 18.3. The number of nitrogens with zero attached hydrogens (tertiary/aromatic N) is 2. The zero-order valence-corrected chi connectivity index (χ0v) is 19.2. The molecule has 5 nitrogen and oxygen atoms in total. The van der Waals surface area contributed by atoms with Crippen LogP contribution in [0.1, 0.15) is 24.1 Å². The Balaban J connectivity index is 0.00000392. The van der Waals surface area contributed by atoms with Crippen molar-refractivity contribution < 1.29 is 9.13 Å². The fraction of sp³-hybridized carbons (Fsp3) is 0.381. The Morgan fingerprint density at radius 1 is 1.07 bits per heavy atom. The molecule has 0 aliphatic heterocycles. The minimum Gasteiger partial charge on any atom is -0.497 e. The lowest BCUT2D eigenvalue weighted by Crippen LogP contribution is -2.41. The number of halogens is 2. The summed E-state index contributed by atoms with van der Waals surface area (Å²) in [6, 6.07) is 14.7. The maximum Gasteiger partial charge on any atom is 0.191 e. The fourth-order valence-corrected chi connectivity index (χ4v) is 2.72. The molecule has 0 saturated carbocycles. The number of ether oxygens (including phenoxy) is 1. The Hall–Kier alpha value is -1.87. The number of rotatable bonds is 8. The number of methoxy groups -OCH3 is 1. The van der Waals surface area contributed by atoms with Gasteiger partial charge in [-0.25, -0.2) is 9.38 Å². The number of nitrogens with one attached hydrogen (secondary N) is 2. The smallest absolute Gasteiger partial charge is 0.191 e. The van der Waals surface area contributed by atoms with Crippen LogP contribution in [-0.4, -0.2) is 45.2 Å². The number of hydrogen-bond acceptors (Lipinski definition) is 3. The highest BCUT2D eigenvalue weighted by Crippen LogP contribution is 2.20. The van der Waals surface area contributed by atoms with Crippen LogP contribution in [0, 0.1) is 5.82 Å². The molecule has 0 aliphatic rings. The van der Waals surface area contributed by atoms with E-state index in [9.17, 15) is 4.39 Å². The van der Waals surface area contributed by atoms with E-state index in [0.29, 0.717) is 13.1 Å². The second kappa shape index (κ2) is 12.6. The summed E-state index contributed by atoms with van der Waals surface area (Å²) in [5, 5.41) is 6.66. The first-order valence-electron chi connectivity index (χ1n) is 9.10. The molecule has 0 spiro atoms. The van der Waals surface area contributed by atoms with Crippen molar-refractivity contribution >= 4 is 29.9 Å². The fourth-order valence-electron chi connectivity index (χ4n) is 2.72. The van der Waals surface area contributed by atoms with E-state index < -0.39 is 0 Å². The van der Waals surface area contributed by atoms with Crippen LogP contribution < -0.4 is 15.4 Å². The third-order valence-electron chi connectivity index (χ3n) is 4.26. The van der Waals surface area contributed by atoms with E-state index in [-0.39, 0.29) is 35.8 Å². The summed E-state index contributed by atoms with van der Waals surface area (Å²) >= 11 is 0. The average Bonchev–Trinajstić information content (AvgIpc) is 2.67. The molecule has 2 aromatic rings. The largest absolute Gasteiger partial charge is 0.497 e. The monoisotopic (exact) mass is 500 g/mol. The molecule has 7 heteroatoms. The second-order valence-electron chi connectivity index (χ2n) is 6.46. The summed E-state index contributed by atoms with van der Waals surface area (Å²) in [6.07, 6.45) is 0. The Morgan fingerprint density at radius 2 is 1.71 bits per heavy atom. The molecule has 0 amide bonds. The lowest BCUT2D eigenvalue weighted by atomic mass is 10.1. The standard InChI is InChI=1S/C21H29FN4O.HI/c1-5-23-21(24-14-16-6-10-18(22)11-7-16)25-15-20(26(2)3)17-8-12-19(27-4)13-9-17;/h6-13,20H,5,14-15H2,1-4H3,(H2,23,24,25);1H. The molecular weight excluding hydrogens is 470 g/mol. The average molecular weight is 500 g/mol. The lowest BCUT2D eigenvalue weighted by Gasteiger charge is -2.26. The van der Waals surface area contributed by atoms with Gasteiger partial charge in [0.2, 0.25) is 0 Å². The van der Waals surface area contributed by atoms with Gasteiger partial charge in [0.15, 0.2) is 5.96 Å². The minimum atomic E-state index is -0.235. The van der Waals surface area contributed by atoms with Gasteiger partial charge in [0.05, 0.1) is 19.7 Å². The van der Waals surface area contributed by atoms with Gasteiger partial charge in [-0.2, -0.15) is 0 Å². The van der Waals surface area contributed by atoms with E-state index in [4.69, 9.17) is 4.74 Å². The summed E-state index contributed by atoms with van der Waals surface area (Å²) in [6.45, 7) is 3.99. The van der Waals surface area contributed by atoms with E-state index in [2.05, 4.69) is 46.8 Å². The van der Waals surface area contributed by atoms with Gasteiger partial charge in [0.1, 0.15) is 11.6 Å². The number of guanidine groups is 1. The molecular formula is C21H30FIN4O. The first kappa shape index (κ1) is 24.2. The summed E-state index contributed by atoms with van der Waals surface area (Å²) in [4.78, 5) is 6.76. The van der Waals surface area contributed by atoms with E-state index in [1.165, 1.54) is 17.7 Å². The highest BCUT2D eigenvalue weighted by molar-refractivity contribution is 14.0. The highest BCUT2D eigenvalue weighted by Gasteiger charge is 2.14. The molecule has 0 aliphatic carbocycles. The number of benzene rings is 2. The predicted octanol–water partition coefficient (Wildman–Crippen LogP) is 3.81. The summed E-state index contributed by atoms with van der Waals surface area (Å²) in [5.41, 5.74) is 2.16. The number of likely N-dealkylation sites (N-methyl/N-ethyl adjacent to an activating group) is 1. The quantitative estimate of drug-likeness (QED) is 0.329. The van der Waals surface area contributed by atoms with Crippen molar-refractivity contribution in [3.63, 3.8) is 0 Å². The first-order valence-corrected chi connectivity index (χ1v) is 9.10. The Kier molecular flexibility index (Phi) is 10.8. The molecule has 2 aromatic carbocycles. The van der Waals surface area contributed by atoms with Crippen LogP contribution in [0.5, 0.6) is 5.75 Å². The Labute approximate surface area is 184 Å². The SMILES string of the molecule is CCNC(=NCc1ccc(F)cc1)NCC(c1ccc(OC)cc1)N(C)C.I. The molecule has 2 N–H and O–H groups in total. The van der Waals surface area contributed by atoms with Crippen LogP contribution in [0.25, 0.3) is 0 Å². The van der Waals surface area contributed by atoms with Crippen molar-refractivity contribution in [2.24, 2.45) is 4.99 Å². The van der Waals surface area contributed by atoms with Crippen LogP contribution in [0.3, 0.4) is 0 Å². The molecule has 0 bridgehead atoms. The van der Waals surface area contributed by atoms with Gasteiger partial charge in [-0.05, 0) is 56.4 Å². The molecule has 0 heterocycles. The predicted molar refractivity (Wildman–Crippen MR) is 124 cm³/mol. The van der Waals surface area contributed by atoms with Gasteiger partial charge in [0, 0.05) is 13.1 Å². The van der Waals surface area contributed by atoms with E-state index in [1.807, 2.05) is 19.1 Å². The summed E-state index contributed by atoms with van der Waals surface area (Å²) in [7, 11) is 5.78. The molecule has 0 radical (unpaired) electrons. The van der Waals surface area contributed by atoms with Crippen LogP contribution in [0.4, 0.5) is 4.39 Å². The van der Waals surface area contributed by atoms with Gasteiger partial charge >= 0.3 is 0 Å². The van der Waals surface area contributed by atoms with Crippen molar-refractivity contribution in [2.45, 2.75) is 19.5 Å². The molecule has 1 atom stereocenters. The van der Waals surface area contributed by atoms with Gasteiger partial charge in [-0.15, -0.1) is 24.0 Å². The normalized spacial score (nSPS) is 12.3. The van der Waals surface area contributed by atoms with Crippen LogP contribution in [0.2, 0.25) is 0 Å². The topological polar surface area (TPSA) is 48.9 Å². The molecule has 0 aromatic heterocycles. The Morgan fingerprint density at radius 3 is 2.25 bits per heavy atom. The van der Waals surface area contributed by atoms with E-state index in [0.717, 1.165) is 23.8 Å². The van der Waals surface area contributed by atoms with Crippen molar-refractivity contribution in [2.75, 3.05) is 34.3 Å². The Bertz CT molecular complexity index is 720. The maximum absolute atomic E-state index is 13.0. The second-order valence-corrected chi connectivity index (χ2v) is 6.46. The molecule has 28 heavy (non-hydrogen) atoms. The molecule has 0 saturated heterocycles. The van der Waals surface area contributed by atoms with Gasteiger partial charge < -0.3 is 20.3 Å². The number of hydrogen-bond donors (Lipinski definition) is 2. The van der Waals surface area contributed by atoms with Crippen LogP contribution in [-0.2, 0) is 6.54 Å². The minimum absolute atomic E-state index is 0. The number of aliphatic imine (C=N–C) groups is 1. The van der Waals surface area contributed by atoms with Gasteiger partial charge in [-0.1, -0.05) is 24.3 Å². The van der Waals surface area contributed by atoms with Crippen molar-refractivity contribution in [1.82, 2.24) is 15.5 Å². The van der Waals surface area contributed by atoms with Crippen LogP contribution >= 0.6 is 24.0 Å². The van der Waals surface area contributed by atoms with E-state index >= 15 is 0 Å². The van der Waals surface area contributed by atoms with Crippen molar-refractivity contribution in [1.29, 1.82) is 0 Å². The van der Waals surface area contributed by atoms with E-state index in [1.54, 1.807) is 19.2 Å². The molecule has 2 rings (SSSR count). The van der Waals surface area contributed by atoms with Gasteiger partial charge in [0.25, 0.3) is 0 Å². The highest BCUT2D eigenvalue weighted by atomic mass is 127. The maximum atomic E-state index is 13.0. The lowest BCUT2D eigenvalue weighted by molar-refractivity contribution is 0.298. The van der Waals surface area contributed by atoms with Crippen LogP contribution in [0.15, 0.2) is 53.5 Å². The third-order valence-corrected chi connectivity index (χ3v) is 4.26. The molecule has 0 fully saturated rings. The zero-order chi connectivity index (χ0) is 19.6. The van der Waals surface area contributed by atoms with Crippen molar-refractivity contribution in [3.05, 3.63) is 65.5 Å². The van der Waals surface area contributed by atoms with Gasteiger partial charge in [-0.3, -0.25) is 0 Å². The zero-order valence-electron chi connectivity index (χ0n) is 16.9. The summed E-state index contributed by atoms with van der Waals surface area (Å²) in [5.74, 6) is 1.35. The van der Waals surface area contributed by atoms with Crippen molar-refractivity contribution in [3.8, 4) is 5.75 Å². The molecule has 154 valence electrons.